The highest BCUT2D eigenvalue weighted by atomic mass is 16.1. The molecule has 1 aromatic heterocycles. The molecule has 1 saturated carbocycles. The summed E-state index contributed by atoms with van der Waals surface area (Å²) in [5, 5.41) is 3.19. The van der Waals surface area contributed by atoms with Gasteiger partial charge in [0, 0.05) is 18.7 Å². The van der Waals surface area contributed by atoms with E-state index >= 15 is 0 Å². The van der Waals surface area contributed by atoms with Crippen molar-refractivity contribution >= 4 is 5.91 Å². The molecule has 1 unspecified atom stereocenters. The van der Waals surface area contributed by atoms with Crippen LogP contribution in [-0.4, -0.2) is 36.4 Å². The Labute approximate surface area is 153 Å². The number of hydrogen-bond acceptors (Lipinski definition) is 3. The molecule has 1 amide bonds. The van der Waals surface area contributed by atoms with Crippen molar-refractivity contribution in [3.8, 4) is 0 Å². The Balaban J connectivity index is 1.85. The van der Waals surface area contributed by atoms with Crippen molar-refractivity contribution in [1.82, 2.24) is 15.2 Å². The SMILES string of the molecule is CCC(CC)C(=O)NCC1CCC(C(c2ccccn2)N(C)C)CC1. The maximum Gasteiger partial charge on any atom is 0.223 e. The Morgan fingerprint density at radius 1 is 1.20 bits per heavy atom. The second-order valence-electron chi connectivity index (χ2n) is 7.70. The van der Waals surface area contributed by atoms with Crippen LogP contribution in [0.2, 0.25) is 0 Å². The topological polar surface area (TPSA) is 45.2 Å². The summed E-state index contributed by atoms with van der Waals surface area (Å²) < 4.78 is 0. The van der Waals surface area contributed by atoms with Gasteiger partial charge in [-0.2, -0.15) is 0 Å². The Bertz CT molecular complexity index is 505. The third-order valence-corrected chi connectivity index (χ3v) is 5.81. The summed E-state index contributed by atoms with van der Waals surface area (Å²) in [6.07, 6.45) is 8.59. The molecule has 25 heavy (non-hydrogen) atoms. The number of nitrogens with zero attached hydrogens (tertiary/aromatic N) is 2. The number of aromatic nitrogens is 1. The predicted molar refractivity (Wildman–Crippen MR) is 103 cm³/mol. The molecule has 4 nitrogen and oxygen atoms in total. The van der Waals surface area contributed by atoms with Gasteiger partial charge in [0.15, 0.2) is 0 Å². The van der Waals surface area contributed by atoms with Crippen LogP contribution in [0.1, 0.15) is 64.1 Å². The van der Waals surface area contributed by atoms with Crippen LogP contribution >= 0.6 is 0 Å². The zero-order valence-corrected chi connectivity index (χ0v) is 16.4. The second kappa shape index (κ2) is 9.91. The van der Waals surface area contributed by atoms with Crippen LogP contribution in [0, 0.1) is 17.8 Å². The van der Waals surface area contributed by atoms with E-state index in [0.29, 0.717) is 17.9 Å². The van der Waals surface area contributed by atoms with Gasteiger partial charge in [-0.1, -0.05) is 19.9 Å². The third-order valence-electron chi connectivity index (χ3n) is 5.81. The van der Waals surface area contributed by atoms with E-state index in [2.05, 4.69) is 55.3 Å². The summed E-state index contributed by atoms with van der Waals surface area (Å²) in [5.41, 5.74) is 1.18. The number of carbonyl (C=O) groups is 1. The Hall–Kier alpha value is -1.42. The molecule has 0 bridgehead atoms. The standard InChI is InChI=1S/C21H35N3O/c1-5-17(6-2)21(25)23-15-16-10-12-18(13-11-16)20(24(3)4)19-9-7-8-14-22-19/h7-9,14,16-18,20H,5-6,10-13,15H2,1-4H3,(H,23,25). The van der Waals surface area contributed by atoms with Gasteiger partial charge in [0.25, 0.3) is 0 Å². The number of amides is 1. The summed E-state index contributed by atoms with van der Waals surface area (Å²) in [6.45, 7) is 5.04. The average molecular weight is 346 g/mol. The van der Waals surface area contributed by atoms with Crippen molar-refractivity contribution in [3.05, 3.63) is 30.1 Å². The van der Waals surface area contributed by atoms with Gasteiger partial charge in [-0.25, -0.2) is 0 Å². The molecule has 0 radical (unpaired) electrons. The number of nitrogens with one attached hydrogen (secondary N) is 1. The van der Waals surface area contributed by atoms with Crippen molar-refractivity contribution in [2.75, 3.05) is 20.6 Å². The monoisotopic (exact) mass is 345 g/mol. The molecule has 1 aliphatic rings. The molecular formula is C21H35N3O. The first-order valence-corrected chi connectivity index (χ1v) is 9.91. The molecule has 1 aliphatic carbocycles. The van der Waals surface area contributed by atoms with E-state index in [9.17, 15) is 4.79 Å². The van der Waals surface area contributed by atoms with Crippen LogP contribution in [0.4, 0.5) is 0 Å². The molecule has 2 rings (SSSR count). The number of rotatable bonds is 8. The predicted octanol–water partition coefficient (Wildman–Crippen LogP) is 4.04. The summed E-state index contributed by atoms with van der Waals surface area (Å²) in [4.78, 5) is 19.1. The minimum Gasteiger partial charge on any atom is -0.356 e. The van der Waals surface area contributed by atoms with E-state index in [-0.39, 0.29) is 11.8 Å². The molecule has 0 spiro atoms. The summed E-state index contributed by atoms with van der Waals surface area (Å²) in [6, 6.07) is 6.60. The molecule has 0 aromatic carbocycles. The smallest absolute Gasteiger partial charge is 0.223 e. The lowest BCUT2D eigenvalue weighted by atomic mass is 9.77. The van der Waals surface area contributed by atoms with E-state index < -0.39 is 0 Å². The van der Waals surface area contributed by atoms with Crippen molar-refractivity contribution in [3.63, 3.8) is 0 Å². The summed E-state index contributed by atoms with van der Waals surface area (Å²) in [7, 11) is 4.31. The Kier molecular flexibility index (Phi) is 7.89. The highest BCUT2D eigenvalue weighted by Gasteiger charge is 2.30. The molecule has 1 fully saturated rings. The fraction of sp³-hybridized carbons (Fsp3) is 0.714. The van der Waals surface area contributed by atoms with Crippen LogP contribution < -0.4 is 5.32 Å². The molecule has 1 aromatic rings. The van der Waals surface area contributed by atoms with E-state index in [1.54, 1.807) is 0 Å². The van der Waals surface area contributed by atoms with Crippen molar-refractivity contribution in [2.45, 2.75) is 58.4 Å². The van der Waals surface area contributed by atoms with Crippen molar-refractivity contribution in [1.29, 1.82) is 0 Å². The van der Waals surface area contributed by atoms with Crippen LogP contribution in [0.25, 0.3) is 0 Å². The normalized spacial score (nSPS) is 22.2. The van der Waals surface area contributed by atoms with Crippen LogP contribution in [0.3, 0.4) is 0 Å². The minimum atomic E-state index is 0.179. The minimum absolute atomic E-state index is 0.179. The molecule has 1 atom stereocenters. The van der Waals surface area contributed by atoms with E-state index in [1.807, 2.05) is 12.3 Å². The molecule has 140 valence electrons. The highest BCUT2D eigenvalue weighted by molar-refractivity contribution is 5.78. The van der Waals surface area contributed by atoms with E-state index in [0.717, 1.165) is 19.4 Å². The van der Waals surface area contributed by atoms with Gasteiger partial charge in [0.2, 0.25) is 5.91 Å². The van der Waals surface area contributed by atoms with Gasteiger partial charge in [0.05, 0.1) is 11.7 Å². The van der Waals surface area contributed by atoms with Crippen molar-refractivity contribution < 1.29 is 4.79 Å². The zero-order chi connectivity index (χ0) is 18.2. The summed E-state index contributed by atoms with van der Waals surface area (Å²) >= 11 is 0. The van der Waals surface area contributed by atoms with Crippen LogP contribution in [0.5, 0.6) is 0 Å². The quantitative estimate of drug-likeness (QED) is 0.773. The van der Waals surface area contributed by atoms with Gasteiger partial charge < -0.3 is 10.2 Å². The lowest BCUT2D eigenvalue weighted by Gasteiger charge is -2.37. The van der Waals surface area contributed by atoms with Gasteiger partial charge >= 0.3 is 0 Å². The summed E-state index contributed by atoms with van der Waals surface area (Å²) in [5.74, 6) is 1.70. The maximum absolute atomic E-state index is 12.2. The van der Waals surface area contributed by atoms with Gasteiger partial charge in [-0.05, 0) is 76.6 Å². The molecule has 4 heteroatoms. The molecule has 0 aliphatic heterocycles. The first-order valence-electron chi connectivity index (χ1n) is 9.91. The highest BCUT2D eigenvalue weighted by Crippen LogP contribution is 2.38. The lowest BCUT2D eigenvalue weighted by Crippen LogP contribution is -2.37. The van der Waals surface area contributed by atoms with Crippen LogP contribution in [-0.2, 0) is 4.79 Å². The lowest BCUT2D eigenvalue weighted by molar-refractivity contribution is -0.125. The largest absolute Gasteiger partial charge is 0.356 e. The molecule has 0 saturated heterocycles. The van der Waals surface area contributed by atoms with E-state index in [1.165, 1.54) is 31.4 Å². The van der Waals surface area contributed by atoms with Gasteiger partial charge in [-0.15, -0.1) is 0 Å². The molecule has 1 heterocycles. The second-order valence-corrected chi connectivity index (χ2v) is 7.70. The Morgan fingerprint density at radius 3 is 2.40 bits per heavy atom. The molecule has 1 N–H and O–H groups in total. The number of carbonyl (C=O) groups excluding carboxylic acids is 1. The van der Waals surface area contributed by atoms with E-state index in [4.69, 9.17) is 0 Å². The molecular weight excluding hydrogens is 310 g/mol. The fourth-order valence-corrected chi connectivity index (χ4v) is 4.24. The Morgan fingerprint density at radius 2 is 1.88 bits per heavy atom. The maximum atomic E-state index is 12.2. The van der Waals surface area contributed by atoms with Crippen molar-refractivity contribution in [2.24, 2.45) is 17.8 Å². The average Bonchev–Trinajstić information content (AvgIpc) is 2.63. The first-order chi connectivity index (χ1) is 12.1. The number of hydrogen-bond donors (Lipinski definition) is 1. The third kappa shape index (κ3) is 5.53. The zero-order valence-electron chi connectivity index (χ0n) is 16.4. The first kappa shape index (κ1) is 19.9. The van der Waals surface area contributed by atoms with Gasteiger partial charge in [0.1, 0.15) is 0 Å². The fourth-order valence-electron chi connectivity index (χ4n) is 4.24. The number of pyridine rings is 1. The van der Waals surface area contributed by atoms with Crippen LogP contribution in [0.15, 0.2) is 24.4 Å². The van der Waals surface area contributed by atoms with Gasteiger partial charge in [-0.3, -0.25) is 9.78 Å².